The molecule has 2 aromatic heterocycles. The number of hydrogen-bond donors (Lipinski definition) is 4. The van der Waals surface area contributed by atoms with Gasteiger partial charge in [0, 0.05) is 0 Å². The van der Waals surface area contributed by atoms with Gasteiger partial charge in [-0.15, -0.1) is 0 Å². The van der Waals surface area contributed by atoms with Crippen LogP contribution in [0.3, 0.4) is 0 Å². The molecule has 0 aromatic carbocycles. The summed E-state index contributed by atoms with van der Waals surface area (Å²) in [6.07, 6.45) is 0. The molecule has 9 nitrogen and oxygen atoms in total. The molecule has 116 valence electrons. The Balaban J connectivity index is 0.000000406. The molecule has 10 heteroatoms. The Hall–Kier alpha value is -3.14. The van der Waals surface area contributed by atoms with Crippen LogP contribution in [0.15, 0.2) is 27.3 Å². The van der Waals surface area contributed by atoms with Crippen LogP contribution in [0.2, 0.25) is 0 Å². The van der Waals surface area contributed by atoms with E-state index in [9.17, 15) is 19.2 Å². The van der Waals surface area contributed by atoms with E-state index in [1.165, 1.54) is 0 Å². The Kier molecular flexibility index (Phi) is 5.41. The quantitative estimate of drug-likeness (QED) is 0.655. The van der Waals surface area contributed by atoms with Crippen molar-refractivity contribution in [3.05, 3.63) is 45.5 Å². The van der Waals surface area contributed by atoms with E-state index in [4.69, 9.17) is 20.4 Å². The molecule has 0 amide bonds. The van der Waals surface area contributed by atoms with Crippen molar-refractivity contribution in [2.24, 2.45) is 0 Å². The summed E-state index contributed by atoms with van der Waals surface area (Å²) in [4.78, 5) is 42.6. The van der Waals surface area contributed by atoms with Gasteiger partial charge in [0.2, 0.25) is 11.5 Å². The Labute approximate surface area is 125 Å². The summed E-state index contributed by atoms with van der Waals surface area (Å²) in [5.41, 5.74) is -2.41. The molecule has 2 aromatic rings. The molecular formula is C12H8O9S. The lowest BCUT2D eigenvalue weighted by Crippen LogP contribution is -2.12. The van der Waals surface area contributed by atoms with Gasteiger partial charge in [0.05, 0.1) is 0 Å². The monoisotopic (exact) mass is 328 g/mol. The number of carboxylic acid groups (broad SMARTS) is 4. The largest absolute Gasteiger partial charge is 0.478 e. The summed E-state index contributed by atoms with van der Waals surface area (Å²) in [7, 11) is 0. The molecule has 0 aliphatic heterocycles. The number of aromatic carboxylic acids is 4. The third kappa shape index (κ3) is 3.70. The van der Waals surface area contributed by atoms with Gasteiger partial charge in [0.15, 0.2) is 0 Å². The van der Waals surface area contributed by atoms with Gasteiger partial charge >= 0.3 is 23.9 Å². The van der Waals surface area contributed by atoms with E-state index >= 15 is 0 Å². The maximum absolute atomic E-state index is 10.7. The highest BCUT2D eigenvalue weighted by Gasteiger charge is 2.35. The van der Waals surface area contributed by atoms with E-state index < -0.39 is 46.5 Å². The highest BCUT2D eigenvalue weighted by molar-refractivity contribution is 7.07. The molecule has 0 unspecified atom stereocenters. The Morgan fingerprint density at radius 1 is 0.727 bits per heavy atom. The number of thiophene rings is 1. The second-order valence-corrected chi connectivity index (χ2v) is 4.34. The van der Waals surface area contributed by atoms with Crippen LogP contribution in [0, 0.1) is 0 Å². The first kappa shape index (κ1) is 16.9. The first-order valence-electron chi connectivity index (χ1n) is 5.34. The fraction of sp³-hybridized carbons (Fsp3) is 0. The number of rotatable bonds is 4. The zero-order chi connectivity index (χ0) is 16.9. The molecule has 22 heavy (non-hydrogen) atoms. The van der Waals surface area contributed by atoms with Crippen LogP contribution in [-0.2, 0) is 0 Å². The van der Waals surface area contributed by atoms with Crippen molar-refractivity contribution < 1.29 is 44.0 Å². The lowest BCUT2D eigenvalue weighted by molar-refractivity contribution is 0.0604. The normalized spacial score (nSPS) is 9.45. The molecule has 0 spiro atoms. The average Bonchev–Trinajstić information content (AvgIpc) is 3.09. The predicted molar refractivity (Wildman–Crippen MR) is 70.9 cm³/mol. The first-order valence-corrected chi connectivity index (χ1v) is 6.28. The fourth-order valence-electron chi connectivity index (χ4n) is 1.37. The topological polar surface area (TPSA) is 162 Å². The zero-order valence-electron chi connectivity index (χ0n) is 10.5. The molecule has 0 saturated carbocycles. The van der Waals surface area contributed by atoms with Crippen molar-refractivity contribution in [1.29, 1.82) is 0 Å². The second-order valence-electron chi connectivity index (χ2n) is 3.52. The molecule has 0 saturated heterocycles. The molecule has 0 fully saturated rings. The number of carboxylic acids is 4. The standard InChI is InChI=1S/C8H4O9.C4H4S/c9-5(10)1-2(6(11)12)4(8(15)16)17-3(1)7(13)14;1-2-4-5-3-1/h(H,9,10)(H,11,12)(H,13,14)(H,15,16);1-4H. The van der Waals surface area contributed by atoms with Crippen molar-refractivity contribution in [3.8, 4) is 0 Å². The van der Waals surface area contributed by atoms with Crippen molar-refractivity contribution in [2.45, 2.75) is 0 Å². The van der Waals surface area contributed by atoms with E-state index in [1.807, 2.05) is 22.9 Å². The molecule has 0 radical (unpaired) electrons. The van der Waals surface area contributed by atoms with Gasteiger partial charge in [-0.3, -0.25) is 0 Å². The van der Waals surface area contributed by atoms with Crippen LogP contribution in [0.25, 0.3) is 0 Å². The predicted octanol–water partition coefficient (Wildman–Crippen LogP) is 1.82. The Morgan fingerprint density at radius 3 is 1.27 bits per heavy atom. The lowest BCUT2D eigenvalue weighted by Gasteiger charge is -1.93. The van der Waals surface area contributed by atoms with Gasteiger partial charge in [-0.1, -0.05) is 12.1 Å². The van der Waals surface area contributed by atoms with Gasteiger partial charge in [0.1, 0.15) is 11.1 Å². The van der Waals surface area contributed by atoms with Crippen molar-refractivity contribution in [3.63, 3.8) is 0 Å². The molecule has 0 aliphatic carbocycles. The Morgan fingerprint density at radius 2 is 1.09 bits per heavy atom. The number of furan rings is 1. The van der Waals surface area contributed by atoms with Gasteiger partial charge in [0.25, 0.3) is 0 Å². The van der Waals surface area contributed by atoms with E-state index in [0.717, 1.165) is 0 Å². The summed E-state index contributed by atoms with van der Waals surface area (Å²) < 4.78 is 4.23. The van der Waals surface area contributed by atoms with Crippen LogP contribution in [0.5, 0.6) is 0 Å². The lowest BCUT2D eigenvalue weighted by atomic mass is 10.1. The first-order chi connectivity index (χ1) is 10.3. The van der Waals surface area contributed by atoms with Gasteiger partial charge in [-0.25, -0.2) is 19.2 Å². The molecular weight excluding hydrogens is 320 g/mol. The number of hydrogen-bond acceptors (Lipinski definition) is 6. The van der Waals surface area contributed by atoms with E-state index in [-0.39, 0.29) is 0 Å². The minimum atomic E-state index is -1.91. The van der Waals surface area contributed by atoms with Crippen molar-refractivity contribution >= 4 is 35.2 Å². The van der Waals surface area contributed by atoms with E-state index in [1.54, 1.807) is 11.3 Å². The van der Waals surface area contributed by atoms with E-state index in [0.29, 0.717) is 0 Å². The zero-order valence-corrected chi connectivity index (χ0v) is 11.4. The van der Waals surface area contributed by atoms with Crippen molar-refractivity contribution in [2.75, 3.05) is 0 Å². The maximum atomic E-state index is 10.7. The SMILES string of the molecule is O=C(O)c1oc(C(=O)O)c(C(=O)O)c1C(=O)O.c1ccsc1. The molecule has 2 rings (SSSR count). The van der Waals surface area contributed by atoms with Gasteiger partial charge < -0.3 is 24.8 Å². The van der Waals surface area contributed by atoms with Crippen LogP contribution in [-0.4, -0.2) is 44.3 Å². The van der Waals surface area contributed by atoms with E-state index in [2.05, 4.69) is 4.42 Å². The van der Waals surface area contributed by atoms with Crippen LogP contribution in [0.4, 0.5) is 0 Å². The summed E-state index contributed by atoms with van der Waals surface area (Å²) in [5, 5.41) is 38.5. The number of carbonyl (C=O) groups is 4. The smallest absolute Gasteiger partial charge is 0.372 e. The van der Waals surface area contributed by atoms with Crippen LogP contribution >= 0.6 is 11.3 Å². The second kappa shape index (κ2) is 7.04. The molecule has 0 aliphatic rings. The third-order valence-electron chi connectivity index (χ3n) is 2.15. The molecule has 0 bridgehead atoms. The molecule has 0 atom stereocenters. The maximum Gasteiger partial charge on any atom is 0.372 e. The Bertz CT molecular complexity index is 648. The summed E-state index contributed by atoms with van der Waals surface area (Å²) in [6.45, 7) is 0. The third-order valence-corrected chi connectivity index (χ3v) is 2.78. The molecule has 2 heterocycles. The highest BCUT2D eigenvalue weighted by atomic mass is 32.1. The van der Waals surface area contributed by atoms with Gasteiger partial charge in [-0.05, 0) is 10.8 Å². The summed E-state index contributed by atoms with van der Waals surface area (Å²) in [6, 6.07) is 4.04. The summed E-state index contributed by atoms with van der Waals surface area (Å²) in [5.74, 6) is -10.1. The molecule has 4 N–H and O–H groups in total. The minimum absolute atomic E-state index is 1.21. The van der Waals surface area contributed by atoms with Crippen molar-refractivity contribution in [1.82, 2.24) is 0 Å². The average molecular weight is 328 g/mol. The van der Waals surface area contributed by atoms with Crippen LogP contribution < -0.4 is 0 Å². The minimum Gasteiger partial charge on any atom is -0.478 e. The summed E-state index contributed by atoms with van der Waals surface area (Å²) >= 11 is 1.71. The fourth-order valence-corrected chi connectivity index (χ4v) is 1.82. The van der Waals surface area contributed by atoms with Gasteiger partial charge in [-0.2, -0.15) is 11.3 Å². The highest BCUT2D eigenvalue weighted by Crippen LogP contribution is 2.23. The van der Waals surface area contributed by atoms with Crippen LogP contribution in [0.1, 0.15) is 41.8 Å².